The zero-order chi connectivity index (χ0) is 18.6. The summed E-state index contributed by atoms with van der Waals surface area (Å²) >= 11 is 0. The molecule has 0 spiro atoms. The Hall–Kier alpha value is -1.50. The molecule has 3 fully saturated rings. The monoisotopic (exact) mass is 364 g/mol. The van der Waals surface area contributed by atoms with Gasteiger partial charge in [-0.1, -0.05) is 18.9 Å². The van der Waals surface area contributed by atoms with Gasteiger partial charge in [0.05, 0.1) is 0 Å². The molecular weight excluding hydrogens is 332 g/mol. The summed E-state index contributed by atoms with van der Waals surface area (Å²) < 4.78 is 0. The average molecular weight is 365 g/mol. The normalized spacial score (nSPS) is 40.6. The summed E-state index contributed by atoms with van der Waals surface area (Å²) in [6, 6.07) is 7.23. The van der Waals surface area contributed by atoms with Gasteiger partial charge in [-0.2, -0.15) is 0 Å². The first kappa shape index (κ1) is 17.6. The fourth-order valence-electron chi connectivity index (χ4n) is 6.93. The molecule has 3 aliphatic carbocycles. The van der Waals surface area contributed by atoms with Crippen LogP contribution in [0.4, 0.5) is 5.69 Å². The average Bonchev–Trinajstić information content (AvgIpc) is 2.99. The molecule has 0 amide bonds. The van der Waals surface area contributed by atoms with Crippen LogP contribution in [0.5, 0.6) is 0 Å². The molecule has 1 heterocycles. The Bertz CT molecular complexity index is 777. The van der Waals surface area contributed by atoms with Gasteiger partial charge in [0.1, 0.15) is 5.60 Å². The standard InChI is InChI=1S/C24H32N2O/c1-3-24(27)11-9-22-20-7-5-17-4-6-18(26-14-12-25-13-15-26)16-21(17)19(20)8-10-23(22,24)2/h1,4,6,16,19-20,22,25,27H,5,7-15H2,2H3/t19-,20+,22-,23-,24+/m0/s1. The third-order valence-corrected chi connectivity index (χ3v) is 8.59. The predicted molar refractivity (Wildman–Crippen MR) is 110 cm³/mol. The number of terminal acetylenes is 1. The maximum absolute atomic E-state index is 11.1. The van der Waals surface area contributed by atoms with Crippen molar-refractivity contribution >= 4 is 5.69 Å². The number of aryl methyl sites for hydroxylation is 1. The summed E-state index contributed by atoms with van der Waals surface area (Å²) in [6.45, 7) is 6.63. The summed E-state index contributed by atoms with van der Waals surface area (Å²) in [4.78, 5) is 2.53. The van der Waals surface area contributed by atoms with Gasteiger partial charge in [-0.05, 0) is 79.5 Å². The van der Waals surface area contributed by atoms with Gasteiger partial charge in [0.25, 0.3) is 0 Å². The minimum atomic E-state index is -0.897. The number of piperazine rings is 1. The second-order valence-electron chi connectivity index (χ2n) is 9.54. The number of nitrogens with zero attached hydrogens (tertiary/aromatic N) is 1. The molecule has 0 aromatic heterocycles. The highest BCUT2D eigenvalue weighted by Crippen LogP contribution is 2.64. The van der Waals surface area contributed by atoms with E-state index < -0.39 is 5.60 Å². The molecule has 1 saturated heterocycles. The molecule has 4 aliphatic rings. The van der Waals surface area contributed by atoms with Crippen LogP contribution in [0.3, 0.4) is 0 Å². The molecule has 1 aromatic carbocycles. The zero-order valence-electron chi connectivity index (χ0n) is 16.5. The first-order valence-electron chi connectivity index (χ1n) is 10.8. The van der Waals surface area contributed by atoms with Crippen molar-refractivity contribution in [2.45, 2.75) is 57.0 Å². The van der Waals surface area contributed by atoms with Crippen molar-refractivity contribution in [3.05, 3.63) is 29.3 Å². The van der Waals surface area contributed by atoms with E-state index in [4.69, 9.17) is 6.42 Å². The second-order valence-corrected chi connectivity index (χ2v) is 9.54. The van der Waals surface area contributed by atoms with Crippen LogP contribution in [0, 0.1) is 29.6 Å². The first-order chi connectivity index (χ1) is 13.1. The Kier molecular flexibility index (Phi) is 4.08. The fraction of sp³-hybridized carbons (Fsp3) is 0.667. The van der Waals surface area contributed by atoms with Crippen molar-refractivity contribution in [2.75, 3.05) is 31.1 Å². The van der Waals surface area contributed by atoms with Crippen molar-refractivity contribution in [3.63, 3.8) is 0 Å². The number of benzene rings is 1. The maximum atomic E-state index is 11.1. The SMILES string of the molecule is C#C[C@@]1(O)CC[C@H]2[C@@H]3CCc4ccc(N5CCNCC5)cc4[C@H]3CC[C@@]21C. The lowest BCUT2D eigenvalue weighted by Gasteiger charge is -2.52. The largest absolute Gasteiger partial charge is 0.377 e. The Morgan fingerprint density at radius 2 is 2.00 bits per heavy atom. The lowest BCUT2D eigenvalue weighted by molar-refractivity contribution is -0.0646. The summed E-state index contributed by atoms with van der Waals surface area (Å²) in [5, 5.41) is 14.6. The smallest absolute Gasteiger partial charge is 0.130 e. The van der Waals surface area contributed by atoms with Crippen LogP contribution in [-0.4, -0.2) is 36.9 Å². The van der Waals surface area contributed by atoms with E-state index in [1.54, 1.807) is 11.1 Å². The number of aliphatic hydroxyl groups is 1. The van der Waals surface area contributed by atoms with E-state index in [1.807, 2.05) is 0 Å². The highest BCUT2D eigenvalue weighted by Gasteiger charge is 2.61. The van der Waals surface area contributed by atoms with Crippen LogP contribution >= 0.6 is 0 Å². The van der Waals surface area contributed by atoms with Crippen molar-refractivity contribution in [1.82, 2.24) is 5.32 Å². The molecule has 5 rings (SSSR count). The van der Waals surface area contributed by atoms with Gasteiger partial charge in [-0.15, -0.1) is 6.42 Å². The van der Waals surface area contributed by atoms with E-state index in [9.17, 15) is 5.11 Å². The van der Waals surface area contributed by atoms with Crippen molar-refractivity contribution in [2.24, 2.45) is 17.3 Å². The van der Waals surface area contributed by atoms with Gasteiger partial charge in [0.2, 0.25) is 0 Å². The van der Waals surface area contributed by atoms with E-state index in [0.717, 1.165) is 45.4 Å². The molecule has 0 radical (unpaired) electrons. The van der Waals surface area contributed by atoms with E-state index in [1.165, 1.54) is 24.9 Å². The Labute approximate surface area is 163 Å². The first-order valence-corrected chi connectivity index (χ1v) is 10.8. The molecule has 0 unspecified atom stereocenters. The highest BCUT2D eigenvalue weighted by molar-refractivity contribution is 5.53. The minimum absolute atomic E-state index is 0.101. The molecule has 3 heteroatoms. The number of fused-ring (bicyclic) bond motifs is 5. The molecule has 5 atom stereocenters. The molecule has 2 saturated carbocycles. The van der Waals surface area contributed by atoms with Gasteiger partial charge in [-0.3, -0.25) is 0 Å². The third-order valence-electron chi connectivity index (χ3n) is 8.59. The highest BCUT2D eigenvalue weighted by atomic mass is 16.3. The number of rotatable bonds is 1. The second kappa shape index (κ2) is 6.26. The molecule has 1 aromatic rings. The van der Waals surface area contributed by atoms with Crippen LogP contribution < -0.4 is 10.2 Å². The van der Waals surface area contributed by atoms with Crippen molar-refractivity contribution in [1.29, 1.82) is 0 Å². The van der Waals surface area contributed by atoms with Gasteiger partial charge >= 0.3 is 0 Å². The number of nitrogens with one attached hydrogen (secondary N) is 1. The zero-order valence-corrected chi connectivity index (χ0v) is 16.5. The number of hydrogen-bond acceptors (Lipinski definition) is 3. The number of anilines is 1. The number of hydrogen-bond donors (Lipinski definition) is 2. The topological polar surface area (TPSA) is 35.5 Å². The minimum Gasteiger partial charge on any atom is -0.377 e. The third kappa shape index (κ3) is 2.50. The summed E-state index contributed by atoms with van der Waals surface area (Å²) in [6.07, 6.45) is 12.3. The van der Waals surface area contributed by atoms with Crippen LogP contribution in [0.15, 0.2) is 18.2 Å². The van der Waals surface area contributed by atoms with Gasteiger partial charge in [0, 0.05) is 37.3 Å². The van der Waals surface area contributed by atoms with E-state index >= 15 is 0 Å². The molecule has 2 N–H and O–H groups in total. The fourth-order valence-corrected chi connectivity index (χ4v) is 6.93. The molecule has 1 aliphatic heterocycles. The molecular formula is C24H32N2O. The van der Waals surface area contributed by atoms with Crippen molar-refractivity contribution in [3.8, 4) is 12.3 Å². The molecule has 3 nitrogen and oxygen atoms in total. The van der Waals surface area contributed by atoms with Crippen molar-refractivity contribution < 1.29 is 5.11 Å². The molecule has 27 heavy (non-hydrogen) atoms. The summed E-state index contributed by atoms with van der Waals surface area (Å²) in [7, 11) is 0. The maximum Gasteiger partial charge on any atom is 0.130 e. The Balaban J connectivity index is 1.47. The van der Waals surface area contributed by atoms with E-state index in [2.05, 4.69) is 41.3 Å². The van der Waals surface area contributed by atoms with Crippen LogP contribution in [-0.2, 0) is 6.42 Å². The lowest BCUT2D eigenvalue weighted by atomic mass is 9.53. The molecule has 0 bridgehead atoms. The van der Waals surface area contributed by atoms with Crippen LogP contribution in [0.2, 0.25) is 0 Å². The quantitative estimate of drug-likeness (QED) is 0.751. The van der Waals surface area contributed by atoms with Gasteiger partial charge in [-0.25, -0.2) is 0 Å². The Morgan fingerprint density at radius 1 is 1.19 bits per heavy atom. The van der Waals surface area contributed by atoms with E-state index in [-0.39, 0.29) is 5.41 Å². The van der Waals surface area contributed by atoms with Crippen LogP contribution in [0.25, 0.3) is 0 Å². The Morgan fingerprint density at radius 3 is 2.78 bits per heavy atom. The van der Waals surface area contributed by atoms with E-state index in [0.29, 0.717) is 17.8 Å². The molecule has 144 valence electrons. The predicted octanol–water partition coefficient (Wildman–Crippen LogP) is 3.32. The lowest BCUT2D eigenvalue weighted by Crippen LogP contribution is -2.50. The van der Waals surface area contributed by atoms with Gasteiger partial charge < -0.3 is 15.3 Å². The van der Waals surface area contributed by atoms with Gasteiger partial charge in [0.15, 0.2) is 0 Å². The van der Waals surface area contributed by atoms with Crippen LogP contribution in [0.1, 0.15) is 56.1 Å². The summed E-state index contributed by atoms with van der Waals surface area (Å²) in [5.74, 6) is 4.68. The summed E-state index contributed by atoms with van der Waals surface area (Å²) in [5.41, 5.74) is 3.56.